The molecule has 0 spiro atoms. The zero-order valence-corrected chi connectivity index (χ0v) is 9.13. The molecule has 0 N–H and O–H groups in total. The minimum absolute atomic E-state index is 0.856. The minimum Gasteiger partial charge on any atom is -0.375 e. The molecule has 71 valence electrons. The van der Waals surface area contributed by atoms with E-state index < -0.39 is 11.2 Å². The highest BCUT2D eigenvalue weighted by Gasteiger charge is 2.47. The lowest BCUT2D eigenvalue weighted by molar-refractivity contribution is -0.400. The van der Waals surface area contributed by atoms with Crippen LogP contribution < -0.4 is 0 Å². The largest absolute Gasteiger partial charge is 0.375 e. The van der Waals surface area contributed by atoms with Crippen LogP contribution in [-0.2, 0) is 18.9 Å². The third-order valence-corrected chi connectivity index (χ3v) is 2.31. The van der Waals surface area contributed by atoms with E-state index in [0.29, 0.717) is 0 Å². The van der Waals surface area contributed by atoms with Crippen molar-refractivity contribution in [3.05, 3.63) is 0 Å². The van der Waals surface area contributed by atoms with Gasteiger partial charge in [0.25, 0.3) is 0 Å². The van der Waals surface area contributed by atoms with Crippen LogP contribution in [0.25, 0.3) is 0 Å². The molecule has 0 aromatic heterocycles. The molecular weight excluding hydrogens is 176 g/mol. The van der Waals surface area contributed by atoms with Gasteiger partial charge in [-0.3, -0.25) is 0 Å². The molecule has 0 aliphatic rings. The van der Waals surface area contributed by atoms with Gasteiger partial charge in [0.1, 0.15) is 5.22 Å². The Balaban J connectivity index is 4.69. The third kappa shape index (κ3) is 1.86. The number of hydrogen-bond acceptors (Lipinski definition) is 4. The monoisotopic (exact) mass is 191 g/mol. The zero-order chi connectivity index (χ0) is 9.83. The van der Waals surface area contributed by atoms with E-state index in [1.807, 2.05) is 0 Å². The number of ether oxygens (including phenoxy) is 4. The van der Waals surface area contributed by atoms with Crippen LogP contribution in [0, 0.1) is 0 Å². The maximum Gasteiger partial charge on any atom is 0.308 e. The first kappa shape index (κ1) is 12.1. The van der Waals surface area contributed by atoms with Crippen LogP contribution in [0.2, 0.25) is 0 Å². The van der Waals surface area contributed by atoms with Crippen LogP contribution >= 0.6 is 0 Å². The SMILES string of the molecule is COC(C)([Si])C(OC)(OC)OC. The molecule has 0 heterocycles. The molecule has 4 nitrogen and oxygen atoms in total. The summed E-state index contributed by atoms with van der Waals surface area (Å²) < 4.78 is 20.3. The lowest BCUT2D eigenvalue weighted by Crippen LogP contribution is -2.58. The molecule has 0 saturated carbocycles. The fourth-order valence-corrected chi connectivity index (χ4v) is 1.27. The van der Waals surface area contributed by atoms with Crippen molar-refractivity contribution in [3.63, 3.8) is 0 Å². The molecule has 0 aromatic carbocycles. The summed E-state index contributed by atoms with van der Waals surface area (Å²) in [5.74, 6) is -1.24. The maximum atomic E-state index is 5.11. The van der Waals surface area contributed by atoms with Crippen molar-refractivity contribution in [2.45, 2.75) is 18.1 Å². The highest BCUT2D eigenvalue weighted by molar-refractivity contribution is 6.14. The van der Waals surface area contributed by atoms with Crippen molar-refractivity contribution < 1.29 is 18.9 Å². The highest BCUT2D eigenvalue weighted by atomic mass is 28.1. The van der Waals surface area contributed by atoms with Gasteiger partial charge < -0.3 is 18.9 Å². The lowest BCUT2D eigenvalue weighted by Gasteiger charge is -2.40. The predicted molar refractivity (Wildman–Crippen MR) is 44.9 cm³/mol. The summed E-state index contributed by atoms with van der Waals surface area (Å²) in [5, 5.41) is -0.856. The third-order valence-electron chi connectivity index (χ3n) is 1.80. The van der Waals surface area contributed by atoms with E-state index in [0.717, 1.165) is 0 Å². The number of methoxy groups -OCH3 is 4. The summed E-state index contributed by atoms with van der Waals surface area (Å²) in [6, 6.07) is 0. The van der Waals surface area contributed by atoms with Gasteiger partial charge >= 0.3 is 5.97 Å². The normalized spacial score (nSPS) is 17.5. The summed E-state index contributed by atoms with van der Waals surface area (Å²) >= 11 is 0. The summed E-state index contributed by atoms with van der Waals surface area (Å²) in [7, 11) is 9.30. The molecule has 0 amide bonds. The Bertz CT molecular complexity index is 125. The molecular formula is C7H15O4Si. The molecule has 3 radical (unpaired) electrons. The lowest BCUT2D eigenvalue weighted by atomic mass is 10.3. The van der Waals surface area contributed by atoms with Crippen LogP contribution in [0.1, 0.15) is 6.92 Å². The molecule has 5 heteroatoms. The highest BCUT2D eigenvalue weighted by Crippen LogP contribution is 2.27. The van der Waals surface area contributed by atoms with Gasteiger partial charge in [-0.1, -0.05) is 0 Å². The van der Waals surface area contributed by atoms with Crippen molar-refractivity contribution in [1.29, 1.82) is 0 Å². The van der Waals surface area contributed by atoms with Crippen molar-refractivity contribution in [3.8, 4) is 0 Å². The molecule has 0 rings (SSSR count). The molecule has 0 aliphatic carbocycles. The van der Waals surface area contributed by atoms with Gasteiger partial charge in [0, 0.05) is 28.4 Å². The van der Waals surface area contributed by atoms with E-state index in [1.165, 1.54) is 28.4 Å². The molecule has 0 aliphatic heterocycles. The Morgan fingerprint density at radius 1 is 0.833 bits per heavy atom. The summed E-state index contributed by atoms with van der Waals surface area (Å²) in [5.41, 5.74) is 0. The average molecular weight is 191 g/mol. The van der Waals surface area contributed by atoms with Crippen LogP contribution in [0.3, 0.4) is 0 Å². The quantitative estimate of drug-likeness (QED) is 0.456. The van der Waals surface area contributed by atoms with Crippen LogP contribution in [0.5, 0.6) is 0 Å². The smallest absolute Gasteiger partial charge is 0.308 e. The van der Waals surface area contributed by atoms with Crippen molar-refractivity contribution in [2.24, 2.45) is 0 Å². The van der Waals surface area contributed by atoms with Crippen molar-refractivity contribution >= 4 is 10.2 Å². The Morgan fingerprint density at radius 2 is 1.17 bits per heavy atom. The molecule has 0 aromatic rings. The molecule has 0 fully saturated rings. The average Bonchev–Trinajstić information content (AvgIpc) is 2.08. The van der Waals surface area contributed by atoms with Gasteiger partial charge in [-0.2, -0.15) is 0 Å². The van der Waals surface area contributed by atoms with E-state index in [-0.39, 0.29) is 0 Å². The molecule has 1 atom stereocenters. The number of rotatable bonds is 5. The van der Waals surface area contributed by atoms with Crippen molar-refractivity contribution in [2.75, 3.05) is 28.4 Å². The van der Waals surface area contributed by atoms with E-state index in [2.05, 4.69) is 10.2 Å². The Kier molecular flexibility index (Phi) is 4.36. The summed E-state index contributed by atoms with van der Waals surface area (Å²) in [6.07, 6.45) is 0. The van der Waals surface area contributed by atoms with Gasteiger partial charge in [-0.05, 0) is 6.92 Å². The molecule has 12 heavy (non-hydrogen) atoms. The predicted octanol–water partition coefficient (Wildman–Crippen LogP) is 0.110. The molecule has 1 unspecified atom stereocenters. The van der Waals surface area contributed by atoms with Crippen LogP contribution in [-0.4, -0.2) is 49.9 Å². The standard InChI is InChI=1S/C7H15O4Si/c1-6(12,8-2)7(9-3,10-4)11-5/h1-5H3. The van der Waals surface area contributed by atoms with Crippen molar-refractivity contribution in [1.82, 2.24) is 0 Å². The molecule has 0 saturated heterocycles. The Morgan fingerprint density at radius 3 is 1.25 bits per heavy atom. The minimum atomic E-state index is -1.24. The first-order chi connectivity index (χ1) is 5.49. The van der Waals surface area contributed by atoms with E-state index in [9.17, 15) is 0 Å². The van der Waals surface area contributed by atoms with Gasteiger partial charge in [0.05, 0.1) is 10.2 Å². The fraction of sp³-hybridized carbons (Fsp3) is 1.00. The Hall–Kier alpha value is 0.0569. The van der Waals surface area contributed by atoms with E-state index in [1.54, 1.807) is 6.92 Å². The number of hydrogen-bond donors (Lipinski definition) is 0. The summed E-state index contributed by atoms with van der Waals surface area (Å²) in [6.45, 7) is 1.74. The maximum absolute atomic E-state index is 5.11. The molecule has 0 bridgehead atoms. The second kappa shape index (κ2) is 4.34. The van der Waals surface area contributed by atoms with Crippen LogP contribution in [0.4, 0.5) is 0 Å². The second-order valence-electron chi connectivity index (χ2n) is 2.41. The van der Waals surface area contributed by atoms with E-state index in [4.69, 9.17) is 18.9 Å². The van der Waals surface area contributed by atoms with Gasteiger partial charge in [0.2, 0.25) is 0 Å². The first-order valence-electron chi connectivity index (χ1n) is 3.45. The van der Waals surface area contributed by atoms with Crippen LogP contribution in [0.15, 0.2) is 0 Å². The second-order valence-corrected chi connectivity index (χ2v) is 3.36. The Labute approximate surface area is 76.6 Å². The zero-order valence-electron chi connectivity index (χ0n) is 8.13. The van der Waals surface area contributed by atoms with Gasteiger partial charge in [-0.25, -0.2) is 0 Å². The topological polar surface area (TPSA) is 36.9 Å². The summed E-state index contributed by atoms with van der Waals surface area (Å²) in [4.78, 5) is 0. The fourth-order valence-electron chi connectivity index (χ4n) is 0.959. The van der Waals surface area contributed by atoms with Gasteiger partial charge in [-0.15, -0.1) is 0 Å². The van der Waals surface area contributed by atoms with Gasteiger partial charge in [0.15, 0.2) is 0 Å². The van der Waals surface area contributed by atoms with E-state index >= 15 is 0 Å². The first-order valence-corrected chi connectivity index (χ1v) is 3.95.